The van der Waals surface area contributed by atoms with Gasteiger partial charge in [0.05, 0.1) is 0 Å². The van der Waals surface area contributed by atoms with Crippen LogP contribution in [0.3, 0.4) is 0 Å². The summed E-state index contributed by atoms with van der Waals surface area (Å²) in [5.74, 6) is -0.184. The highest BCUT2D eigenvalue weighted by atomic mass is 16.5. The summed E-state index contributed by atoms with van der Waals surface area (Å²) in [7, 11) is 0. The zero-order valence-electron chi connectivity index (χ0n) is 14.4. The van der Waals surface area contributed by atoms with Gasteiger partial charge in [0.15, 0.2) is 6.10 Å². The van der Waals surface area contributed by atoms with Crippen molar-refractivity contribution in [1.82, 2.24) is 0 Å². The topological polar surface area (TPSA) is 55.4 Å². The number of nitrogens with one attached hydrogen (secondary N) is 1. The molecule has 0 spiro atoms. The average molecular weight is 305 g/mol. The maximum Gasteiger partial charge on any atom is 0.306 e. The van der Waals surface area contributed by atoms with Gasteiger partial charge in [0.2, 0.25) is 0 Å². The molecule has 0 aliphatic carbocycles. The molecule has 1 N–H and O–H groups in total. The van der Waals surface area contributed by atoms with Gasteiger partial charge in [-0.05, 0) is 51.2 Å². The number of carbonyl (C=O) groups excluding carboxylic acids is 2. The van der Waals surface area contributed by atoms with Crippen LogP contribution in [0.15, 0.2) is 12.1 Å². The smallest absolute Gasteiger partial charge is 0.306 e. The number of esters is 1. The Hall–Kier alpha value is -1.84. The van der Waals surface area contributed by atoms with Gasteiger partial charge in [0, 0.05) is 12.1 Å². The third-order valence-corrected chi connectivity index (χ3v) is 3.53. The molecule has 0 aliphatic rings. The highest BCUT2D eigenvalue weighted by Gasteiger charge is 2.19. The van der Waals surface area contributed by atoms with Gasteiger partial charge >= 0.3 is 5.97 Å². The lowest BCUT2D eigenvalue weighted by atomic mass is 10.0. The highest BCUT2D eigenvalue weighted by Crippen LogP contribution is 2.22. The standard InChI is InChI=1S/C18H27NO3/c1-11(2)7-8-16(20)22-15(6)18(21)19-17-13(4)9-12(3)10-14(17)5/h9-11,15H,7-8H2,1-6H3,(H,19,21)/t15-/m1/s1. The molecule has 1 amide bonds. The lowest BCUT2D eigenvalue weighted by molar-refractivity contribution is -0.153. The molecule has 22 heavy (non-hydrogen) atoms. The first-order chi connectivity index (χ1) is 10.2. The van der Waals surface area contributed by atoms with Gasteiger partial charge in [0.25, 0.3) is 5.91 Å². The molecular formula is C18H27NO3. The number of aryl methyl sites for hydroxylation is 3. The Morgan fingerprint density at radius 1 is 1.09 bits per heavy atom. The van der Waals surface area contributed by atoms with Crippen molar-refractivity contribution in [3.63, 3.8) is 0 Å². The van der Waals surface area contributed by atoms with Crippen LogP contribution in [-0.4, -0.2) is 18.0 Å². The SMILES string of the molecule is Cc1cc(C)c(NC(=O)[C@@H](C)OC(=O)CCC(C)C)c(C)c1. The van der Waals surface area contributed by atoms with Crippen molar-refractivity contribution in [2.75, 3.05) is 5.32 Å². The normalized spacial score (nSPS) is 12.1. The molecule has 0 aromatic heterocycles. The zero-order chi connectivity index (χ0) is 16.9. The number of amides is 1. The first-order valence-electron chi connectivity index (χ1n) is 7.79. The van der Waals surface area contributed by atoms with Gasteiger partial charge in [-0.15, -0.1) is 0 Å². The molecular weight excluding hydrogens is 278 g/mol. The summed E-state index contributed by atoms with van der Waals surface area (Å²) in [6.07, 6.45) is 0.320. The van der Waals surface area contributed by atoms with E-state index in [0.717, 1.165) is 28.8 Å². The number of carbonyl (C=O) groups is 2. The summed E-state index contributed by atoms with van der Waals surface area (Å²) < 4.78 is 5.19. The van der Waals surface area contributed by atoms with Crippen LogP contribution in [0.25, 0.3) is 0 Å². The molecule has 0 aliphatic heterocycles. The van der Waals surface area contributed by atoms with Gasteiger partial charge in [-0.3, -0.25) is 9.59 Å². The molecule has 1 atom stereocenters. The summed E-state index contributed by atoms with van der Waals surface area (Å²) in [6.45, 7) is 11.6. The summed E-state index contributed by atoms with van der Waals surface area (Å²) in [5.41, 5.74) is 3.95. The minimum absolute atomic E-state index is 0.298. The van der Waals surface area contributed by atoms with E-state index in [1.807, 2.05) is 46.8 Å². The molecule has 0 bridgehead atoms. The Bertz CT molecular complexity index is 526. The van der Waals surface area contributed by atoms with Crippen LogP contribution in [0.4, 0.5) is 5.69 Å². The number of ether oxygens (including phenoxy) is 1. The predicted molar refractivity (Wildman–Crippen MR) is 88.9 cm³/mol. The fraction of sp³-hybridized carbons (Fsp3) is 0.556. The van der Waals surface area contributed by atoms with Crippen molar-refractivity contribution in [2.24, 2.45) is 5.92 Å². The van der Waals surface area contributed by atoms with Crippen molar-refractivity contribution in [3.8, 4) is 0 Å². The Morgan fingerprint density at radius 3 is 2.14 bits per heavy atom. The fourth-order valence-corrected chi connectivity index (χ4v) is 2.32. The van der Waals surface area contributed by atoms with Crippen LogP contribution in [0.5, 0.6) is 0 Å². The molecule has 1 rings (SSSR count). The van der Waals surface area contributed by atoms with Crippen LogP contribution in [-0.2, 0) is 14.3 Å². The third-order valence-electron chi connectivity index (χ3n) is 3.53. The Labute approximate surface area is 133 Å². The Kier molecular flexibility index (Phi) is 6.60. The molecule has 0 unspecified atom stereocenters. The van der Waals surface area contributed by atoms with Gasteiger partial charge < -0.3 is 10.1 Å². The van der Waals surface area contributed by atoms with Crippen molar-refractivity contribution in [3.05, 3.63) is 28.8 Å². The largest absolute Gasteiger partial charge is 0.453 e. The minimum Gasteiger partial charge on any atom is -0.453 e. The monoisotopic (exact) mass is 305 g/mol. The zero-order valence-corrected chi connectivity index (χ0v) is 14.4. The van der Waals surface area contributed by atoms with E-state index in [1.165, 1.54) is 0 Å². The van der Waals surface area contributed by atoms with E-state index in [4.69, 9.17) is 4.74 Å². The van der Waals surface area contributed by atoms with E-state index >= 15 is 0 Å². The average Bonchev–Trinajstić information content (AvgIpc) is 2.40. The Morgan fingerprint density at radius 2 is 1.64 bits per heavy atom. The van der Waals surface area contributed by atoms with Crippen molar-refractivity contribution in [1.29, 1.82) is 0 Å². The molecule has 4 nitrogen and oxygen atoms in total. The first kappa shape index (κ1) is 18.2. The molecule has 1 aromatic rings. The van der Waals surface area contributed by atoms with E-state index in [9.17, 15) is 9.59 Å². The van der Waals surface area contributed by atoms with Gasteiger partial charge in [-0.1, -0.05) is 31.5 Å². The molecule has 4 heteroatoms. The van der Waals surface area contributed by atoms with Gasteiger partial charge in [0.1, 0.15) is 0 Å². The molecule has 122 valence electrons. The van der Waals surface area contributed by atoms with E-state index in [2.05, 4.69) is 5.32 Å². The Balaban J connectivity index is 2.63. The van der Waals surface area contributed by atoms with Crippen LogP contribution in [0.1, 0.15) is 50.3 Å². The molecule has 0 saturated carbocycles. The van der Waals surface area contributed by atoms with Crippen LogP contribution < -0.4 is 5.32 Å². The van der Waals surface area contributed by atoms with E-state index in [0.29, 0.717) is 12.3 Å². The fourth-order valence-electron chi connectivity index (χ4n) is 2.32. The lowest BCUT2D eigenvalue weighted by Crippen LogP contribution is -2.30. The minimum atomic E-state index is -0.792. The summed E-state index contributed by atoms with van der Waals surface area (Å²) in [6, 6.07) is 4.03. The highest BCUT2D eigenvalue weighted by molar-refractivity contribution is 5.96. The van der Waals surface area contributed by atoms with E-state index < -0.39 is 6.10 Å². The van der Waals surface area contributed by atoms with Crippen molar-refractivity contribution in [2.45, 2.75) is 60.5 Å². The predicted octanol–water partition coefficient (Wildman–Crippen LogP) is 3.92. The van der Waals surface area contributed by atoms with Crippen LogP contribution >= 0.6 is 0 Å². The second-order valence-corrected chi connectivity index (χ2v) is 6.33. The van der Waals surface area contributed by atoms with Crippen molar-refractivity contribution < 1.29 is 14.3 Å². The third kappa shape index (κ3) is 5.51. The quantitative estimate of drug-likeness (QED) is 0.810. The summed E-state index contributed by atoms with van der Waals surface area (Å²) in [4.78, 5) is 23.9. The number of rotatable bonds is 6. The maximum atomic E-state index is 12.2. The summed E-state index contributed by atoms with van der Waals surface area (Å²) in [5, 5.41) is 2.86. The second kappa shape index (κ2) is 7.97. The number of hydrogen-bond acceptors (Lipinski definition) is 3. The van der Waals surface area contributed by atoms with Crippen molar-refractivity contribution >= 4 is 17.6 Å². The summed E-state index contributed by atoms with van der Waals surface area (Å²) >= 11 is 0. The second-order valence-electron chi connectivity index (χ2n) is 6.33. The molecule has 0 saturated heterocycles. The first-order valence-corrected chi connectivity index (χ1v) is 7.79. The van der Waals surface area contributed by atoms with E-state index in [-0.39, 0.29) is 11.9 Å². The van der Waals surface area contributed by atoms with Crippen LogP contribution in [0.2, 0.25) is 0 Å². The van der Waals surface area contributed by atoms with Gasteiger partial charge in [-0.25, -0.2) is 0 Å². The van der Waals surface area contributed by atoms with E-state index in [1.54, 1.807) is 6.92 Å². The van der Waals surface area contributed by atoms with Crippen LogP contribution in [0, 0.1) is 26.7 Å². The molecule has 0 radical (unpaired) electrons. The number of anilines is 1. The molecule has 1 aromatic carbocycles. The molecule has 0 fully saturated rings. The maximum absolute atomic E-state index is 12.2. The van der Waals surface area contributed by atoms with Gasteiger partial charge in [-0.2, -0.15) is 0 Å². The lowest BCUT2D eigenvalue weighted by Gasteiger charge is -2.17. The molecule has 0 heterocycles. The number of hydrogen-bond donors (Lipinski definition) is 1. The number of benzene rings is 1.